The second kappa shape index (κ2) is 5.84. The average molecular weight is 346 g/mol. The zero-order chi connectivity index (χ0) is 14.8. The molecule has 19 heavy (non-hydrogen) atoms. The van der Waals surface area contributed by atoms with E-state index < -0.39 is 15.6 Å². The van der Waals surface area contributed by atoms with Gasteiger partial charge in [0.2, 0.25) is 10.0 Å². The summed E-state index contributed by atoms with van der Waals surface area (Å²) >= 11 is 12.5. The van der Waals surface area contributed by atoms with Crippen molar-refractivity contribution in [2.45, 2.75) is 30.7 Å². The minimum absolute atomic E-state index is 0.0514. The minimum Gasteiger partial charge on any atom is -0.409 e. The van der Waals surface area contributed by atoms with Crippen LogP contribution in [0.2, 0.25) is 8.67 Å². The van der Waals surface area contributed by atoms with Crippen molar-refractivity contribution in [2.24, 2.45) is 10.9 Å². The highest BCUT2D eigenvalue weighted by molar-refractivity contribution is 7.90. The fourth-order valence-corrected chi connectivity index (χ4v) is 4.88. The number of thiophene rings is 1. The van der Waals surface area contributed by atoms with Gasteiger partial charge >= 0.3 is 0 Å². The Bertz CT molecular complexity index is 600. The summed E-state index contributed by atoms with van der Waals surface area (Å²) in [4.78, 5) is -0.130. The third kappa shape index (κ3) is 3.51. The van der Waals surface area contributed by atoms with Gasteiger partial charge in [0.25, 0.3) is 0 Å². The Kier molecular flexibility index (Phi) is 5.08. The van der Waals surface area contributed by atoms with E-state index in [4.69, 9.17) is 34.1 Å². The molecular formula is C9H13Cl2N3O3S2. The molecule has 1 heterocycles. The quantitative estimate of drug-likeness (QED) is 0.329. The molecule has 0 amide bonds. The lowest BCUT2D eigenvalue weighted by molar-refractivity contribution is 0.310. The smallest absolute Gasteiger partial charge is 0.243 e. The van der Waals surface area contributed by atoms with Crippen molar-refractivity contribution in [1.82, 2.24) is 4.72 Å². The van der Waals surface area contributed by atoms with Gasteiger partial charge in [-0.15, -0.1) is 11.3 Å². The average Bonchev–Trinajstić information content (AvgIpc) is 2.67. The monoisotopic (exact) mass is 345 g/mol. The summed E-state index contributed by atoms with van der Waals surface area (Å²) < 4.78 is 27.1. The molecule has 1 unspecified atom stereocenters. The Morgan fingerprint density at radius 2 is 2.21 bits per heavy atom. The standard InChI is InChI=1S/C9H13Cl2N3O3S2/c1-3-9(2,8(12)13-15)14-19(16,17)5-4-6(10)18-7(5)11/h4,14-15H,3H2,1-2H3,(H2,12,13). The van der Waals surface area contributed by atoms with E-state index in [1.165, 1.54) is 13.0 Å². The maximum atomic E-state index is 12.2. The van der Waals surface area contributed by atoms with E-state index in [-0.39, 0.29) is 25.8 Å². The Hall–Kier alpha value is -0.540. The van der Waals surface area contributed by atoms with Crippen molar-refractivity contribution in [3.05, 3.63) is 14.7 Å². The maximum Gasteiger partial charge on any atom is 0.243 e. The molecule has 0 aliphatic heterocycles. The molecule has 0 saturated carbocycles. The largest absolute Gasteiger partial charge is 0.409 e. The Balaban J connectivity index is 3.20. The van der Waals surface area contributed by atoms with Crippen LogP contribution in [0.15, 0.2) is 16.1 Å². The highest BCUT2D eigenvalue weighted by Gasteiger charge is 2.34. The molecule has 10 heteroatoms. The van der Waals surface area contributed by atoms with E-state index in [2.05, 4.69) is 9.88 Å². The predicted molar refractivity (Wildman–Crippen MR) is 76.8 cm³/mol. The van der Waals surface area contributed by atoms with Crippen LogP contribution in [0, 0.1) is 0 Å². The number of rotatable bonds is 5. The van der Waals surface area contributed by atoms with Gasteiger partial charge in [0, 0.05) is 0 Å². The second-order valence-electron chi connectivity index (χ2n) is 3.96. The summed E-state index contributed by atoms with van der Waals surface area (Å²) in [5.41, 5.74) is 4.29. The van der Waals surface area contributed by atoms with Gasteiger partial charge in [0.15, 0.2) is 5.84 Å². The summed E-state index contributed by atoms with van der Waals surface area (Å²) in [5.74, 6) is -0.240. The summed E-state index contributed by atoms with van der Waals surface area (Å²) in [5, 5.41) is 11.6. The maximum absolute atomic E-state index is 12.2. The Morgan fingerprint density at radius 1 is 1.63 bits per heavy atom. The van der Waals surface area contributed by atoms with Gasteiger partial charge in [-0.25, -0.2) is 8.42 Å². The lowest BCUT2D eigenvalue weighted by Crippen LogP contribution is -2.54. The van der Waals surface area contributed by atoms with Crippen molar-refractivity contribution in [1.29, 1.82) is 0 Å². The van der Waals surface area contributed by atoms with E-state index in [1.54, 1.807) is 6.92 Å². The number of nitrogens with zero attached hydrogens (tertiary/aromatic N) is 1. The zero-order valence-corrected chi connectivity index (χ0v) is 13.3. The molecule has 1 atom stereocenters. The van der Waals surface area contributed by atoms with Crippen LogP contribution in [-0.2, 0) is 10.0 Å². The van der Waals surface area contributed by atoms with Crippen molar-refractivity contribution in [3.8, 4) is 0 Å². The number of hydrogen-bond acceptors (Lipinski definition) is 5. The van der Waals surface area contributed by atoms with Crippen LogP contribution in [0.3, 0.4) is 0 Å². The normalized spacial score (nSPS) is 16.3. The van der Waals surface area contributed by atoms with Crippen molar-refractivity contribution in [2.75, 3.05) is 0 Å². The van der Waals surface area contributed by atoms with Crippen LogP contribution in [0.1, 0.15) is 20.3 Å². The number of oxime groups is 1. The summed E-state index contributed by atoms with van der Waals surface area (Å²) in [7, 11) is -3.92. The molecule has 0 fully saturated rings. The fourth-order valence-electron chi connectivity index (χ4n) is 1.28. The number of halogens is 2. The number of nitrogens with one attached hydrogen (secondary N) is 1. The molecule has 0 radical (unpaired) electrons. The highest BCUT2D eigenvalue weighted by Crippen LogP contribution is 2.34. The SMILES string of the molecule is CCC(C)(NS(=O)(=O)c1cc(Cl)sc1Cl)/C(N)=N/O. The van der Waals surface area contributed by atoms with Gasteiger partial charge < -0.3 is 10.9 Å². The Morgan fingerprint density at radius 3 is 2.58 bits per heavy atom. The van der Waals surface area contributed by atoms with Gasteiger partial charge in [-0.3, -0.25) is 0 Å². The molecule has 1 rings (SSSR count). The van der Waals surface area contributed by atoms with Gasteiger partial charge in [-0.05, 0) is 19.4 Å². The van der Waals surface area contributed by atoms with Gasteiger partial charge in [-0.2, -0.15) is 4.72 Å². The third-order valence-corrected chi connectivity index (χ3v) is 6.00. The molecule has 0 spiro atoms. The van der Waals surface area contributed by atoms with Gasteiger partial charge in [-0.1, -0.05) is 35.3 Å². The third-order valence-electron chi connectivity index (χ3n) is 2.65. The van der Waals surface area contributed by atoms with Gasteiger partial charge in [0.1, 0.15) is 9.23 Å². The molecule has 6 nitrogen and oxygen atoms in total. The van der Waals surface area contributed by atoms with Crippen LogP contribution in [0.4, 0.5) is 0 Å². The molecule has 0 aliphatic carbocycles. The van der Waals surface area contributed by atoms with Crippen LogP contribution in [-0.4, -0.2) is 25.0 Å². The summed E-state index contributed by atoms with van der Waals surface area (Å²) in [6, 6.07) is 1.25. The van der Waals surface area contributed by atoms with Crippen molar-refractivity contribution in [3.63, 3.8) is 0 Å². The zero-order valence-electron chi connectivity index (χ0n) is 10.1. The summed E-state index contributed by atoms with van der Waals surface area (Å²) in [6.45, 7) is 3.20. The highest BCUT2D eigenvalue weighted by atomic mass is 35.5. The topological polar surface area (TPSA) is 105 Å². The van der Waals surface area contributed by atoms with Crippen LogP contribution < -0.4 is 10.5 Å². The molecule has 0 bridgehead atoms. The molecule has 0 aliphatic rings. The van der Waals surface area contributed by atoms with Crippen LogP contribution in [0.5, 0.6) is 0 Å². The van der Waals surface area contributed by atoms with Crippen molar-refractivity contribution >= 4 is 50.4 Å². The molecule has 1 aromatic heterocycles. The molecule has 1 aromatic rings. The van der Waals surface area contributed by atoms with E-state index in [0.717, 1.165) is 11.3 Å². The van der Waals surface area contributed by atoms with Gasteiger partial charge in [0.05, 0.1) is 9.88 Å². The van der Waals surface area contributed by atoms with E-state index in [1.807, 2.05) is 0 Å². The first-order valence-corrected chi connectivity index (χ1v) is 8.18. The lowest BCUT2D eigenvalue weighted by atomic mass is 10.00. The molecule has 4 N–H and O–H groups in total. The number of amidine groups is 1. The molecule has 0 saturated heterocycles. The van der Waals surface area contributed by atoms with E-state index in [9.17, 15) is 8.42 Å². The second-order valence-corrected chi connectivity index (χ2v) is 7.90. The predicted octanol–water partition coefficient (Wildman–Crippen LogP) is 2.25. The molecule has 108 valence electrons. The Labute approximate surface area is 125 Å². The molecule has 0 aromatic carbocycles. The number of hydrogen-bond donors (Lipinski definition) is 3. The fraction of sp³-hybridized carbons (Fsp3) is 0.444. The first kappa shape index (κ1) is 16.5. The minimum atomic E-state index is -3.92. The first-order chi connectivity index (χ1) is 8.66. The first-order valence-electron chi connectivity index (χ1n) is 5.13. The van der Waals surface area contributed by atoms with Crippen LogP contribution >= 0.6 is 34.5 Å². The van der Waals surface area contributed by atoms with E-state index in [0.29, 0.717) is 0 Å². The van der Waals surface area contributed by atoms with Crippen LogP contribution in [0.25, 0.3) is 0 Å². The number of sulfonamides is 1. The van der Waals surface area contributed by atoms with Crippen molar-refractivity contribution < 1.29 is 13.6 Å². The number of nitrogens with two attached hydrogens (primary N) is 1. The molecular weight excluding hydrogens is 333 g/mol. The summed E-state index contributed by atoms with van der Waals surface area (Å²) in [6.07, 6.45) is 0.289. The van der Waals surface area contributed by atoms with E-state index >= 15 is 0 Å². The lowest BCUT2D eigenvalue weighted by Gasteiger charge is -2.27.